The second kappa shape index (κ2) is 5.04. The molecule has 0 radical (unpaired) electrons. The van der Waals surface area contributed by atoms with E-state index in [9.17, 15) is 14.4 Å². The Morgan fingerprint density at radius 3 is 2.57 bits per heavy atom. The van der Waals surface area contributed by atoms with Gasteiger partial charge in [-0.25, -0.2) is 9.69 Å². The number of nitrogens with one attached hydrogen (secondary N) is 1. The van der Waals surface area contributed by atoms with Crippen molar-refractivity contribution < 1.29 is 18.8 Å². The number of anilines is 1. The van der Waals surface area contributed by atoms with Crippen molar-refractivity contribution in [1.29, 1.82) is 0 Å². The minimum Gasteiger partial charge on any atom is -0.472 e. The van der Waals surface area contributed by atoms with Gasteiger partial charge in [-0.1, -0.05) is 0 Å². The number of urea groups is 1. The van der Waals surface area contributed by atoms with Crippen molar-refractivity contribution in [2.45, 2.75) is 0 Å². The molecule has 3 rings (SSSR count). The molecule has 3 heterocycles. The molecule has 4 amide bonds. The summed E-state index contributed by atoms with van der Waals surface area (Å²) in [4.78, 5) is 40.8. The molecule has 0 saturated carbocycles. The number of carbonyl (C=O) groups is 3. The van der Waals surface area contributed by atoms with Gasteiger partial charge >= 0.3 is 6.03 Å². The maximum absolute atomic E-state index is 12.4. The molecule has 2 aromatic heterocycles. The zero-order valence-corrected chi connectivity index (χ0v) is 10.6. The molecule has 0 spiro atoms. The monoisotopic (exact) mass is 283 g/mol. The number of hydrogen-bond donors (Lipinski definition) is 1. The number of hydrogen-bond acceptors (Lipinski definition) is 5. The van der Waals surface area contributed by atoms with Gasteiger partial charge < -0.3 is 4.42 Å². The first-order valence-electron chi connectivity index (χ1n) is 6.00. The van der Waals surface area contributed by atoms with Crippen LogP contribution in [0.25, 0.3) is 6.08 Å². The van der Waals surface area contributed by atoms with Crippen molar-refractivity contribution in [1.82, 2.24) is 10.3 Å². The van der Waals surface area contributed by atoms with Crippen molar-refractivity contribution in [3.63, 3.8) is 0 Å². The maximum Gasteiger partial charge on any atom is 0.335 e. The van der Waals surface area contributed by atoms with Crippen molar-refractivity contribution in [2.75, 3.05) is 4.90 Å². The summed E-state index contributed by atoms with van der Waals surface area (Å²) in [5.74, 6) is -1.44. The molecule has 0 atom stereocenters. The van der Waals surface area contributed by atoms with Gasteiger partial charge in [0.25, 0.3) is 11.8 Å². The standard InChI is InChI=1S/C14H9N3O4/c18-12-11(7-9-3-6-21-8-9)13(19)17(14(20)16-12)10-1-4-15-5-2-10/h1-8H,(H,16,18,20)/b11-7+. The largest absolute Gasteiger partial charge is 0.472 e. The molecule has 1 saturated heterocycles. The number of carbonyl (C=O) groups excluding carboxylic acids is 3. The Hall–Kier alpha value is -3.22. The lowest BCUT2D eigenvalue weighted by molar-refractivity contribution is -0.122. The van der Waals surface area contributed by atoms with Crippen LogP contribution in [0.2, 0.25) is 0 Å². The third-order valence-corrected chi connectivity index (χ3v) is 2.88. The van der Waals surface area contributed by atoms with Gasteiger partial charge in [0.15, 0.2) is 0 Å². The second-order valence-electron chi connectivity index (χ2n) is 4.22. The maximum atomic E-state index is 12.4. The Bertz CT molecular complexity index is 735. The van der Waals surface area contributed by atoms with E-state index < -0.39 is 17.8 Å². The van der Waals surface area contributed by atoms with Gasteiger partial charge in [-0.2, -0.15) is 0 Å². The Morgan fingerprint density at radius 2 is 1.90 bits per heavy atom. The number of pyridine rings is 1. The Morgan fingerprint density at radius 1 is 1.14 bits per heavy atom. The molecular weight excluding hydrogens is 274 g/mol. The summed E-state index contributed by atoms with van der Waals surface area (Å²) in [6.07, 6.45) is 7.07. The molecule has 0 aromatic carbocycles. The molecule has 1 fully saturated rings. The molecule has 2 aromatic rings. The SMILES string of the molecule is O=C1NC(=O)N(c2ccncc2)C(=O)/C1=C/c1ccoc1. The van der Waals surface area contributed by atoms with Crippen molar-refractivity contribution >= 4 is 29.6 Å². The molecule has 0 unspecified atom stereocenters. The second-order valence-corrected chi connectivity index (χ2v) is 4.22. The Kier molecular flexibility index (Phi) is 3.07. The first-order chi connectivity index (χ1) is 10.2. The van der Waals surface area contributed by atoms with Crippen LogP contribution in [0.4, 0.5) is 10.5 Å². The lowest BCUT2D eigenvalue weighted by Crippen LogP contribution is -2.54. The summed E-state index contributed by atoms with van der Waals surface area (Å²) in [5, 5.41) is 2.13. The highest BCUT2D eigenvalue weighted by molar-refractivity contribution is 6.39. The van der Waals surface area contributed by atoms with E-state index in [-0.39, 0.29) is 5.57 Å². The van der Waals surface area contributed by atoms with Crippen LogP contribution in [0, 0.1) is 0 Å². The van der Waals surface area contributed by atoms with E-state index in [1.54, 1.807) is 6.07 Å². The first-order valence-corrected chi connectivity index (χ1v) is 6.00. The average molecular weight is 283 g/mol. The minimum atomic E-state index is -0.791. The highest BCUT2D eigenvalue weighted by Gasteiger charge is 2.36. The zero-order chi connectivity index (χ0) is 14.8. The summed E-state index contributed by atoms with van der Waals surface area (Å²) in [6, 6.07) is 3.81. The van der Waals surface area contributed by atoms with Crippen LogP contribution in [0.15, 0.2) is 53.1 Å². The molecule has 0 bridgehead atoms. The molecule has 104 valence electrons. The van der Waals surface area contributed by atoms with Crippen LogP contribution in [0.1, 0.15) is 5.56 Å². The molecule has 7 heteroatoms. The van der Waals surface area contributed by atoms with Gasteiger partial charge in [-0.15, -0.1) is 0 Å². The third kappa shape index (κ3) is 2.32. The van der Waals surface area contributed by atoms with Crippen LogP contribution >= 0.6 is 0 Å². The molecular formula is C14H9N3O4. The van der Waals surface area contributed by atoms with E-state index in [1.807, 2.05) is 0 Å². The zero-order valence-electron chi connectivity index (χ0n) is 10.6. The lowest BCUT2D eigenvalue weighted by Gasteiger charge is -2.26. The Balaban J connectivity index is 2.02. The summed E-state index contributed by atoms with van der Waals surface area (Å²) in [5.41, 5.74) is 0.739. The number of rotatable bonds is 2. The summed E-state index contributed by atoms with van der Waals surface area (Å²) >= 11 is 0. The fraction of sp³-hybridized carbons (Fsp3) is 0. The number of nitrogens with zero attached hydrogens (tertiary/aromatic N) is 2. The van der Waals surface area contributed by atoms with Gasteiger partial charge in [0, 0.05) is 18.0 Å². The molecule has 1 aliphatic heterocycles. The van der Waals surface area contributed by atoms with Crippen LogP contribution in [-0.2, 0) is 9.59 Å². The van der Waals surface area contributed by atoms with Crippen molar-refractivity contribution in [3.05, 3.63) is 54.3 Å². The van der Waals surface area contributed by atoms with E-state index in [0.29, 0.717) is 11.3 Å². The van der Waals surface area contributed by atoms with Gasteiger partial charge in [0.2, 0.25) is 0 Å². The topological polar surface area (TPSA) is 92.5 Å². The van der Waals surface area contributed by atoms with Crippen molar-refractivity contribution in [3.8, 4) is 0 Å². The molecule has 7 nitrogen and oxygen atoms in total. The summed E-state index contributed by atoms with van der Waals surface area (Å²) in [6.45, 7) is 0. The number of barbiturate groups is 1. The quantitative estimate of drug-likeness (QED) is 0.663. The molecule has 1 N–H and O–H groups in total. The van der Waals surface area contributed by atoms with E-state index in [0.717, 1.165) is 4.90 Å². The molecule has 21 heavy (non-hydrogen) atoms. The van der Waals surface area contributed by atoms with E-state index in [1.165, 1.54) is 43.1 Å². The Labute approximate surface area is 118 Å². The third-order valence-electron chi connectivity index (χ3n) is 2.88. The highest BCUT2D eigenvalue weighted by Crippen LogP contribution is 2.20. The van der Waals surface area contributed by atoms with Crippen molar-refractivity contribution in [2.24, 2.45) is 0 Å². The summed E-state index contributed by atoms with van der Waals surface area (Å²) in [7, 11) is 0. The lowest BCUT2D eigenvalue weighted by atomic mass is 10.1. The predicted molar refractivity (Wildman–Crippen MR) is 71.9 cm³/mol. The van der Waals surface area contributed by atoms with E-state index in [2.05, 4.69) is 10.3 Å². The summed E-state index contributed by atoms with van der Waals surface area (Å²) < 4.78 is 4.88. The number of amides is 4. The normalized spacial score (nSPS) is 17.2. The number of furan rings is 1. The van der Waals surface area contributed by atoms with Gasteiger partial charge in [-0.3, -0.25) is 19.9 Å². The fourth-order valence-corrected chi connectivity index (χ4v) is 1.91. The average Bonchev–Trinajstić information content (AvgIpc) is 2.97. The van der Waals surface area contributed by atoms with E-state index in [4.69, 9.17) is 4.42 Å². The molecule has 0 aliphatic carbocycles. The minimum absolute atomic E-state index is 0.146. The number of aromatic nitrogens is 1. The number of imide groups is 2. The van der Waals surface area contributed by atoms with Crippen LogP contribution in [-0.4, -0.2) is 22.8 Å². The highest BCUT2D eigenvalue weighted by atomic mass is 16.3. The predicted octanol–water partition coefficient (Wildman–Crippen LogP) is 1.34. The van der Waals surface area contributed by atoms with Gasteiger partial charge in [-0.05, 0) is 24.3 Å². The van der Waals surface area contributed by atoms with Gasteiger partial charge in [0.05, 0.1) is 18.2 Å². The van der Waals surface area contributed by atoms with Crippen LogP contribution < -0.4 is 10.2 Å². The molecule has 1 aliphatic rings. The van der Waals surface area contributed by atoms with Crippen LogP contribution in [0.3, 0.4) is 0 Å². The first kappa shape index (κ1) is 12.8. The fourth-order valence-electron chi connectivity index (χ4n) is 1.91. The van der Waals surface area contributed by atoms with E-state index >= 15 is 0 Å². The van der Waals surface area contributed by atoms with Gasteiger partial charge in [0.1, 0.15) is 5.57 Å². The van der Waals surface area contributed by atoms with Crippen LogP contribution in [0.5, 0.6) is 0 Å². The smallest absolute Gasteiger partial charge is 0.335 e.